The average molecular weight is 365 g/mol. The van der Waals surface area contributed by atoms with Crippen LogP contribution in [0, 0.1) is 6.92 Å². The van der Waals surface area contributed by atoms with Crippen LogP contribution in [0.3, 0.4) is 0 Å². The summed E-state index contributed by atoms with van der Waals surface area (Å²) in [5.41, 5.74) is 1.29. The van der Waals surface area contributed by atoms with Gasteiger partial charge in [-0.15, -0.1) is 0 Å². The summed E-state index contributed by atoms with van der Waals surface area (Å²) in [7, 11) is 3.10. The van der Waals surface area contributed by atoms with E-state index in [1.54, 1.807) is 51.5 Å². The largest absolute Gasteiger partial charge is 0.493 e. The van der Waals surface area contributed by atoms with Crippen molar-refractivity contribution in [3.05, 3.63) is 56.2 Å². The van der Waals surface area contributed by atoms with E-state index in [1.165, 1.54) is 0 Å². The first-order valence-electron chi connectivity index (χ1n) is 7.11. The van der Waals surface area contributed by atoms with E-state index in [0.717, 1.165) is 0 Å². The summed E-state index contributed by atoms with van der Waals surface area (Å²) >= 11 is 12.2. The monoisotopic (exact) mass is 364 g/mol. The van der Waals surface area contributed by atoms with E-state index >= 15 is 0 Å². The molecule has 0 spiro atoms. The van der Waals surface area contributed by atoms with Crippen molar-refractivity contribution in [2.75, 3.05) is 14.2 Å². The summed E-state index contributed by atoms with van der Waals surface area (Å²) in [6.45, 7) is 1.70. The molecular formula is C18H14Cl2O4. The van der Waals surface area contributed by atoms with E-state index in [4.69, 9.17) is 37.1 Å². The van der Waals surface area contributed by atoms with E-state index in [1.807, 2.05) is 0 Å². The molecule has 0 fully saturated rings. The Kier molecular flexibility index (Phi) is 4.43. The first kappa shape index (κ1) is 16.7. The molecule has 3 rings (SSSR count). The van der Waals surface area contributed by atoms with E-state index in [2.05, 4.69) is 0 Å². The molecule has 0 amide bonds. The predicted octanol–water partition coefficient (Wildman–Crippen LogP) is 5.09. The molecule has 1 heterocycles. The molecule has 0 atom stereocenters. The van der Waals surface area contributed by atoms with Gasteiger partial charge in [-0.2, -0.15) is 0 Å². The maximum atomic E-state index is 12.7. The fourth-order valence-corrected chi connectivity index (χ4v) is 3.10. The molecule has 0 saturated carbocycles. The van der Waals surface area contributed by atoms with Crippen molar-refractivity contribution in [3.8, 4) is 22.8 Å². The van der Waals surface area contributed by atoms with Crippen LogP contribution in [0.4, 0.5) is 0 Å². The van der Waals surface area contributed by atoms with Gasteiger partial charge in [0.25, 0.3) is 0 Å². The Morgan fingerprint density at radius 2 is 1.71 bits per heavy atom. The van der Waals surface area contributed by atoms with Crippen molar-refractivity contribution in [3.63, 3.8) is 0 Å². The number of hydrogen-bond acceptors (Lipinski definition) is 4. The molecule has 0 N–H and O–H groups in total. The quantitative estimate of drug-likeness (QED) is 0.649. The van der Waals surface area contributed by atoms with Crippen molar-refractivity contribution in [1.82, 2.24) is 0 Å². The zero-order valence-electron chi connectivity index (χ0n) is 13.3. The van der Waals surface area contributed by atoms with Crippen LogP contribution in [-0.4, -0.2) is 14.2 Å². The maximum absolute atomic E-state index is 12.7. The predicted molar refractivity (Wildman–Crippen MR) is 95.8 cm³/mol. The highest BCUT2D eigenvalue weighted by Crippen LogP contribution is 2.35. The zero-order chi connectivity index (χ0) is 17.4. The molecule has 0 bridgehead atoms. The van der Waals surface area contributed by atoms with Gasteiger partial charge >= 0.3 is 0 Å². The van der Waals surface area contributed by atoms with E-state index in [0.29, 0.717) is 44.4 Å². The lowest BCUT2D eigenvalue weighted by Gasteiger charge is -2.12. The van der Waals surface area contributed by atoms with Gasteiger partial charge in [0.05, 0.1) is 24.6 Å². The minimum Gasteiger partial charge on any atom is -0.493 e. The number of rotatable bonds is 3. The number of fused-ring (bicyclic) bond motifs is 1. The molecule has 24 heavy (non-hydrogen) atoms. The van der Waals surface area contributed by atoms with Crippen LogP contribution in [0.15, 0.2) is 39.5 Å². The van der Waals surface area contributed by atoms with Crippen LogP contribution in [0.1, 0.15) is 5.56 Å². The molecule has 3 aromatic rings. The molecule has 0 aliphatic carbocycles. The minimum atomic E-state index is -0.176. The molecule has 0 aliphatic heterocycles. The normalized spacial score (nSPS) is 10.9. The molecule has 2 aromatic carbocycles. The summed E-state index contributed by atoms with van der Waals surface area (Å²) in [5.74, 6) is 1.56. The highest BCUT2D eigenvalue weighted by molar-refractivity contribution is 6.38. The smallest absolute Gasteiger partial charge is 0.196 e. The van der Waals surface area contributed by atoms with Gasteiger partial charge in [-0.3, -0.25) is 4.79 Å². The third kappa shape index (κ3) is 2.72. The van der Waals surface area contributed by atoms with Gasteiger partial charge in [0.2, 0.25) is 0 Å². The van der Waals surface area contributed by atoms with Crippen molar-refractivity contribution in [2.45, 2.75) is 6.92 Å². The minimum absolute atomic E-state index is 0.176. The Morgan fingerprint density at radius 3 is 2.38 bits per heavy atom. The summed E-state index contributed by atoms with van der Waals surface area (Å²) in [6, 6.07) is 8.39. The van der Waals surface area contributed by atoms with E-state index in [9.17, 15) is 4.79 Å². The summed E-state index contributed by atoms with van der Waals surface area (Å²) in [4.78, 5) is 12.7. The highest BCUT2D eigenvalue weighted by Gasteiger charge is 2.17. The molecule has 0 aliphatic rings. The second-order valence-corrected chi connectivity index (χ2v) is 6.06. The Balaban J connectivity index is 2.31. The topological polar surface area (TPSA) is 48.7 Å². The molecule has 0 radical (unpaired) electrons. The highest BCUT2D eigenvalue weighted by atomic mass is 35.5. The van der Waals surface area contributed by atoms with E-state index < -0.39 is 0 Å². The second kappa shape index (κ2) is 6.38. The molecule has 1 aromatic heterocycles. The van der Waals surface area contributed by atoms with Crippen molar-refractivity contribution in [1.29, 1.82) is 0 Å². The standard InChI is InChI=1S/C18H14Cl2O4/c1-9-16(21)12-7-11(19)8-13(20)18(12)24-17(9)10-4-5-14(22-2)15(6-10)23-3/h4-8H,1-3H3. The zero-order valence-corrected chi connectivity index (χ0v) is 14.8. The van der Waals surface area contributed by atoms with Gasteiger partial charge < -0.3 is 13.9 Å². The fraction of sp³-hybridized carbons (Fsp3) is 0.167. The third-order valence-corrected chi connectivity index (χ3v) is 4.28. The second-order valence-electron chi connectivity index (χ2n) is 5.22. The molecular weight excluding hydrogens is 351 g/mol. The Hall–Kier alpha value is -2.17. The van der Waals surface area contributed by atoms with Gasteiger partial charge in [0.15, 0.2) is 22.5 Å². The number of benzene rings is 2. The van der Waals surface area contributed by atoms with Crippen LogP contribution in [0.25, 0.3) is 22.3 Å². The van der Waals surface area contributed by atoms with Gasteiger partial charge in [-0.05, 0) is 37.3 Å². The van der Waals surface area contributed by atoms with Gasteiger partial charge in [-0.1, -0.05) is 23.2 Å². The molecule has 0 unspecified atom stereocenters. The molecule has 0 saturated heterocycles. The molecule has 124 valence electrons. The lowest BCUT2D eigenvalue weighted by molar-refractivity contribution is 0.355. The van der Waals surface area contributed by atoms with Gasteiger partial charge in [-0.25, -0.2) is 0 Å². The summed E-state index contributed by atoms with van der Waals surface area (Å²) in [5, 5.41) is 1.03. The SMILES string of the molecule is COc1ccc(-c2oc3c(Cl)cc(Cl)cc3c(=O)c2C)cc1OC. The number of methoxy groups -OCH3 is 2. The summed E-state index contributed by atoms with van der Waals surface area (Å²) < 4.78 is 16.5. The first-order valence-corrected chi connectivity index (χ1v) is 7.86. The van der Waals surface area contributed by atoms with Crippen molar-refractivity contribution < 1.29 is 13.9 Å². The van der Waals surface area contributed by atoms with Crippen LogP contribution in [0.5, 0.6) is 11.5 Å². The number of halogens is 2. The van der Waals surface area contributed by atoms with Gasteiger partial charge in [0.1, 0.15) is 5.76 Å². The van der Waals surface area contributed by atoms with Crippen LogP contribution >= 0.6 is 23.2 Å². The van der Waals surface area contributed by atoms with Crippen LogP contribution in [-0.2, 0) is 0 Å². The van der Waals surface area contributed by atoms with Crippen molar-refractivity contribution >= 4 is 34.2 Å². The number of ether oxygens (including phenoxy) is 2. The van der Waals surface area contributed by atoms with Crippen LogP contribution < -0.4 is 14.9 Å². The lowest BCUT2D eigenvalue weighted by Crippen LogP contribution is -2.07. The van der Waals surface area contributed by atoms with E-state index in [-0.39, 0.29) is 10.5 Å². The molecule has 6 heteroatoms. The first-order chi connectivity index (χ1) is 11.5. The third-order valence-electron chi connectivity index (χ3n) is 3.78. The Morgan fingerprint density at radius 1 is 1.00 bits per heavy atom. The van der Waals surface area contributed by atoms with Crippen LogP contribution in [0.2, 0.25) is 10.0 Å². The number of hydrogen-bond donors (Lipinski definition) is 0. The lowest BCUT2D eigenvalue weighted by atomic mass is 10.1. The Bertz CT molecular complexity index is 992. The average Bonchev–Trinajstić information content (AvgIpc) is 2.58. The summed E-state index contributed by atoms with van der Waals surface area (Å²) in [6.07, 6.45) is 0. The maximum Gasteiger partial charge on any atom is 0.196 e. The fourth-order valence-electron chi connectivity index (χ4n) is 2.57. The van der Waals surface area contributed by atoms with Crippen molar-refractivity contribution in [2.24, 2.45) is 0 Å². The van der Waals surface area contributed by atoms with Gasteiger partial charge in [0, 0.05) is 16.1 Å². The Labute approximate surface area is 148 Å². The molecule has 4 nitrogen and oxygen atoms in total.